The summed E-state index contributed by atoms with van der Waals surface area (Å²) in [5, 5.41) is 2.92. The van der Waals surface area contributed by atoms with Gasteiger partial charge in [-0.25, -0.2) is 9.97 Å². The zero-order chi connectivity index (χ0) is 12.3. The Morgan fingerprint density at radius 3 is 2.31 bits per heavy atom. The summed E-state index contributed by atoms with van der Waals surface area (Å²) < 4.78 is 36.6. The normalized spacial score (nSPS) is 11.6. The van der Waals surface area contributed by atoms with Gasteiger partial charge in [-0.1, -0.05) is 0 Å². The van der Waals surface area contributed by atoms with Gasteiger partial charge in [0.05, 0.1) is 0 Å². The maximum atomic E-state index is 12.2. The first-order valence-electron chi connectivity index (χ1n) is 4.98. The molecule has 16 heavy (non-hydrogen) atoms. The highest BCUT2D eigenvalue weighted by Crippen LogP contribution is 2.22. The molecule has 3 nitrogen and oxygen atoms in total. The summed E-state index contributed by atoms with van der Waals surface area (Å²) in [5.41, 5.74) is 1.36. The van der Waals surface area contributed by atoms with Crippen molar-refractivity contribution in [2.45, 2.75) is 33.4 Å². The average molecular weight is 233 g/mol. The van der Waals surface area contributed by atoms with Crippen LogP contribution < -0.4 is 5.32 Å². The molecule has 1 aromatic rings. The summed E-state index contributed by atoms with van der Waals surface area (Å²) in [6, 6.07) is 0. The number of hydrogen-bond acceptors (Lipinski definition) is 3. The van der Waals surface area contributed by atoms with Crippen LogP contribution in [0, 0.1) is 13.8 Å². The maximum Gasteiger partial charge on any atom is 0.396 e. The molecule has 0 saturated heterocycles. The molecule has 0 aromatic carbocycles. The Bertz CT molecular complexity index is 374. The Kier molecular flexibility index (Phi) is 3.72. The van der Waals surface area contributed by atoms with Gasteiger partial charge in [0.25, 0.3) is 0 Å². The van der Waals surface area contributed by atoms with Crippen molar-refractivity contribution in [3.8, 4) is 0 Å². The molecule has 0 aliphatic rings. The van der Waals surface area contributed by atoms with E-state index in [2.05, 4.69) is 15.3 Å². The zero-order valence-corrected chi connectivity index (χ0v) is 9.44. The topological polar surface area (TPSA) is 37.8 Å². The molecule has 1 aromatic heterocycles. The molecular formula is C10H14F3N3. The van der Waals surface area contributed by atoms with Gasteiger partial charge in [0.2, 0.25) is 0 Å². The number of alkyl halides is 3. The highest BCUT2D eigenvalue weighted by atomic mass is 19.4. The number of aromatic nitrogens is 2. The number of nitrogens with one attached hydrogen (secondary N) is 1. The first-order chi connectivity index (χ1) is 7.33. The quantitative estimate of drug-likeness (QED) is 0.872. The maximum absolute atomic E-state index is 12.2. The third-order valence-electron chi connectivity index (χ3n) is 2.14. The predicted octanol–water partition coefficient (Wildman–Crippen LogP) is 2.63. The molecule has 90 valence electrons. The van der Waals surface area contributed by atoms with Gasteiger partial charge in [-0.15, -0.1) is 0 Å². The molecule has 1 rings (SSSR count). The molecule has 0 bridgehead atoms. The van der Waals surface area contributed by atoms with Gasteiger partial charge in [0, 0.05) is 17.8 Å². The van der Waals surface area contributed by atoms with Crippen LogP contribution in [0.1, 0.15) is 24.0 Å². The van der Waals surface area contributed by atoms with Gasteiger partial charge in [0.1, 0.15) is 18.1 Å². The summed E-state index contributed by atoms with van der Waals surface area (Å²) in [7, 11) is 0. The van der Waals surface area contributed by atoms with Crippen molar-refractivity contribution in [3.63, 3.8) is 0 Å². The van der Waals surface area contributed by atoms with Crippen molar-refractivity contribution >= 4 is 5.82 Å². The molecule has 0 fully saturated rings. The van der Waals surface area contributed by atoms with Crippen molar-refractivity contribution in [2.75, 3.05) is 11.9 Å². The van der Waals surface area contributed by atoms with E-state index in [1.165, 1.54) is 0 Å². The summed E-state index contributed by atoms with van der Waals surface area (Å²) in [6.07, 6.45) is -5.36. The van der Waals surface area contributed by atoms with E-state index in [4.69, 9.17) is 0 Å². The van der Waals surface area contributed by atoms with Crippen molar-refractivity contribution in [2.24, 2.45) is 0 Å². The highest BCUT2D eigenvalue weighted by Gasteiger charge is 2.29. The second kappa shape index (κ2) is 4.67. The van der Waals surface area contributed by atoms with Gasteiger partial charge in [-0.2, -0.15) is 13.2 Å². The van der Waals surface area contributed by atoms with Gasteiger partial charge >= 0.3 is 6.18 Å². The number of anilines is 1. The summed E-state index contributed by atoms with van der Waals surface area (Å²) in [4.78, 5) is 7.70. The lowest BCUT2D eigenvalue weighted by Gasteiger charge is -2.12. The molecular weight excluding hydrogens is 219 g/mol. The second-order valence-electron chi connectivity index (χ2n) is 3.52. The molecule has 0 aliphatic carbocycles. The Labute approximate surface area is 92.1 Å². The largest absolute Gasteiger partial charge is 0.396 e. The van der Waals surface area contributed by atoms with E-state index in [-0.39, 0.29) is 5.82 Å². The van der Waals surface area contributed by atoms with E-state index in [0.717, 1.165) is 5.56 Å². The standard InChI is InChI=1S/C10H14F3N3/c1-4-14-9-6(2)7(3)15-8(16-9)5-10(11,12)13/h4-5H2,1-3H3,(H,14,15,16). The van der Waals surface area contributed by atoms with Crippen LogP contribution in [0.15, 0.2) is 0 Å². The number of hydrogen-bond donors (Lipinski definition) is 1. The number of halogens is 3. The van der Waals surface area contributed by atoms with Gasteiger partial charge in [0.15, 0.2) is 0 Å². The van der Waals surface area contributed by atoms with E-state index < -0.39 is 12.6 Å². The molecule has 0 unspecified atom stereocenters. The number of nitrogens with zero attached hydrogens (tertiary/aromatic N) is 2. The van der Waals surface area contributed by atoms with E-state index in [1.807, 2.05) is 6.92 Å². The smallest absolute Gasteiger partial charge is 0.370 e. The monoisotopic (exact) mass is 233 g/mol. The van der Waals surface area contributed by atoms with Crippen molar-refractivity contribution in [1.29, 1.82) is 0 Å². The van der Waals surface area contributed by atoms with Crippen LogP contribution in [0.25, 0.3) is 0 Å². The van der Waals surface area contributed by atoms with E-state index in [1.54, 1.807) is 13.8 Å². The third-order valence-corrected chi connectivity index (χ3v) is 2.14. The van der Waals surface area contributed by atoms with Gasteiger partial charge in [-0.05, 0) is 20.8 Å². The van der Waals surface area contributed by atoms with Crippen LogP contribution in [0.5, 0.6) is 0 Å². The fourth-order valence-corrected chi connectivity index (χ4v) is 1.28. The molecule has 0 aliphatic heterocycles. The summed E-state index contributed by atoms with van der Waals surface area (Å²) in [6.45, 7) is 5.94. The fourth-order valence-electron chi connectivity index (χ4n) is 1.28. The molecule has 0 saturated carbocycles. The van der Waals surface area contributed by atoms with Crippen molar-refractivity contribution in [1.82, 2.24) is 9.97 Å². The molecule has 0 radical (unpaired) electrons. The van der Waals surface area contributed by atoms with Crippen LogP contribution in [0.2, 0.25) is 0 Å². The van der Waals surface area contributed by atoms with Crippen molar-refractivity contribution in [3.05, 3.63) is 17.1 Å². The highest BCUT2D eigenvalue weighted by molar-refractivity contribution is 5.45. The summed E-state index contributed by atoms with van der Waals surface area (Å²) >= 11 is 0. The Morgan fingerprint density at radius 1 is 1.19 bits per heavy atom. The Balaban J connectivity index is 3.04. The van der Waals surface area contributed by atoms with Crippen LogP contribution in [0.3, 0.4) is 0 Å². The average Bonchev–Trinajstić information content (AvgIpc) is 2.11. The minimum Gasteiger partial charge on any atom is -0.370 e. The molecule has 0 atom stereocenters. The predicted molar refractivity (Wildman–Crippen MR) is 55.4 cm³/mol. The van der Waals surface area contributed by atoms with Crippen LogP contribution in [-0.4, -0.2) is 22.7 Å². The lowest BCUT2D eigenvalue weighted by Crippen LogP contribution is -2.16. The third kappa shape index (κ3) is 3.36. The molecule has 6 heteroatoms. The SMILES string of the molecule is CCNc1nc(CC(F)(F)F)nc(C)c1C. The lowest BCUT2D eigenvalue weighted by molar-refractivity contribution is -0.128. The molecule has 1 N–H and O–H groups in total. The molecule has 0 amide bonds. The fraction of sp³-hybridized carbons (Fsp3) is 0.600. The first-order valence-corrected chi connectivity index (χ1v) is 4.98. The van der Waals surface area contributed by atoms with Gasteiger partial charge < -0.3 is 5.32 Å². The summed E-state index contributed by atoms with van der Waals surface area (Å²) in [5.74, 6) is 0.292. The minimum atomic E-state index is -4.27. The van der Waals surface area contributed by atoms with Gasteiger partial charge in [-0.3, -0.25) is 0 Å². The Morgan fingerprint density at radius 2 is 1.81 bits per heavy atom. The first kappa shape index (κ1) is 12.7. The number of rotatable bonds is 3. The number of aryl methyl sites for hydroxylation is 1. The lowest BCUT2D eigenvalue weighted by atomic mass is 10.2. The zero-order valence-electron chi connectivity index (χ0n) is 9.44. The molecule has 0 spiro atoms. The van der Waals surface area contributed by atoms with Crippen molar-refractivity contribution < 1.29 is 13.2 Å². The van der Waals surface area contributed by atoms with Crippen LogP contribution >= 0.6 is 0 Å². The minimum absolute atomic E-state index is 0.188. The molecule has 1 heterocycles. The second-order valence-corrected chi connectivity index (χ2v) is 3.52. The van der Waals surface area contributed by atoms with E-state index >= 15 is 0 Å². The van der Waals surface area contributed by atoms with E-state index in [9.17, 15) is 13.2 Å². The Hall–Kier alpha value is -1.33. The van der Waals surface area contributed by atoms with Crippen LogP contribution in [-0.2, 0) is 6.42 Å². The van der Waals surface area contributed by atoms with Crippen LogP contribution in [0.4, 0.5) is 19.0 Å². The van der Waals surface area contributed by atoms with E-state index in [0.29, 0.717) is 18.1 Å².